The molecule has 1 nitrogen and oxygen atoms in total. The minimum Gasteiger partial charge on any atom is -0.310 e. The van der Waals surface area contributed by atoms with Gasteiger partial charge in [0, 0.05) is 16.4 Å². The van der Waals surface area contributed by atoms with Gasteiger partial charge in [-0.25, -0.2) is 0 Å². The molecule has 0 fully saturated rings. The van der Waals surface area contributed by atoms with Crippen molar-refractivity contribution in [2.75, 3.05) is 0 Å². The molecule has 1 atom stereocenters. The summed E-state index contributed by atoms with van der Waals surface area (Å²) >= 11 is 0. The number of benzene rings is 8. The van der Waals surface area contributed by atoms with Crippen LogP contribution in [0.2, 0.25) is 0 Å². The first-order valence-electron chi connectivity index (χ1n) is 24.3. The Balaban J connectivity index is 0.000000172. The Bertz CT molecular complexity index is 3250. The van der Waals surface area contributed by atoms with Crippen molar-refractivity contribution in [3.05, 3.63) is 256 Å². The summed E-state index contributed by atoms with van der Waals surface area (Å²) in [5, 5.41) is 2.96. The van der Waals surface area contributed by atoms with Crippen LogP contribution in [0.1, 0.15) is 72.9 Å². The quantitative estimate of drug-likeness (QED) is 0.136. The normalized spacial score (nSPS) is 11.1. The van der Waals surface area contributed by atoms with Gasteiger partial charge in [0.05, 0.1) is 5.52 Å². The van der Waals surface area contributed by atoms with Gasteiger partial charge >= 0.3 is 0 Å². The molecule has 1 heterocycles. The Labute approximate surface area is 406 Å². The summed E-state index contributed by atoms with van der Waals surface area (Å²) in [5.74, 6) is 0.633. The van der Waals surface area contributed by atoms with Crippen LogP contribution in [0.15, 0.2) is 212 Å². The molecule has 0 aliphatic heterocycles. The highest BCUT2D eigenvalue weighted by molar-refractivity contribution is 5.87. The average molecular weight is 886 g/mol. The minimum absolute atomic E-state index is 0.633. The van der Waals surface area contributed by atoms with Crippen LogP contribution in [0.5, 0.6) is 0 Å². The van der Waals surface area contributed by atoms with Crippen LogP contribution < -0.4 is 10.6 Å². The van der Waals surface area contributed by atoms with E-state index in [4.69, 9.17) is 0 Å². The molecule has 0 radical (unpaired) electrons. The topological polar surface area (TPSA) is 4.93 Å². The van der Waals surface area contributed by atoms with Gasteiger partial charge in [-0.15, -0.1) is 0 Å². The molecule has 0 saturated carbocycles. The highest BCUT2D eigenvalue weighted by Gasteiger charge is 2.11. The Morgan fingerprint density at radius 1 is 0.426 bits per heavy atom. The van der Waals surface area contributed by atoms with Crippen molar-refractivity contribution in [1.82, 2.24) is 4.57 Å². The summed E-state index contributed by atoms with van der Waals surface area (Å²) < 4.78 is 2.20. The van der Waals surface area contributed by atoms with Crippen molar-refractivity contribution in [3.8, 4) is 50.2 Å². The molecule has 0 bridgehead atoms. The third-order valence-corrected chi connectivity index (χ3v) is 13.1. The molecule has 0 aliphatic rings. The standard InChI is InChI=1S/C34H29N.C18H22.C15H16/c1-24-12-9-11-17-31(24)32-22-28(19-18-26(32)3)29-20-21-34-33(23-29)25(2)13-8-10-14-27(4)35(34)30-15-6-5-7-16-30;1-5-13(2)16-11-10-15(4)18(12-16)17-9-7-6-8-14(17)3;1-2-6-13-9-11-15(12-10-13)14-7-4-3-5-8-14/h5-23H,2,4H2,1,3H3;6-13H,5H2,1-4H3;3-5,7-12H,2,6H2,1H3. The van der Waals surface area contributed by atoms with E-state index < -0.39 is 0 Å². The maximum absolute atomic E-state index is 4.40. The lowest BCUT2D eigenvalue weighted by atomic mass is 9.90. The van der Waals surface area contributed by atoms with Crippen LogP contribution in [0, 0.1) is 27.7 Å². The number of para-hydroxylation sites is 1. The molecule has 0 spiro atoms. The summed E-state index contributed by atoms with van der Waals surface area (Å²) in [5.41, 5.74) is 20.5. The van der Waals surface area contributed by atoms with E-state index in [1.807, 2.05) is 24.3 Å². The summed E-state index contributed by atoms with van der Waals surface area (Å²) in [7, 11) is 0. The molecule has 8 aromatic carbocycles. The number of hydrogen-bond acceptors (Lipinski definition) is 0. The first kappa shape index (κ1) is 48.5. The molecule has 9 aromatic rings. The van der Waals surface area contributed by atoms with Crippen LogP contribution in [0.25, 0.3) is 74.3 Å². The van der Waals surface area contributed by atoms with Crippen LogP contribution in [0.3, 0.4) is 0 Å². The van der Waals surface area contributed by atoms with Crippen LogP contribution in [-0.4, -0.2) is 4.57 Å². The van der Waals surface area contributed by atoms with Crippen LogP contribution in [-0.2, 0) is 6.42 Å². The van der Waals surface area contributed by atoms with Crippen molar-refractivity contribution in [3.63, 3.8) is 0 Å². The molecule has 340 valence electrons. The number of hydrogen-bond donors (Lipinski definition) is 0. The zero-order valence-electron chi connectivity index (χ0n) is 41.3. The van der Waals surface area contributed by atoms with Gasteiger partial charge in [-0.2, -0.15) is 0 Å². The number of aromatic nitrogens is 1. The molecule has 0 aliphatic carbocycles. The van der Waals surface area contributed by atoms with Crippen molar-refractivity contribution in [2.45, 2.75) is 73.6 Å². The third kappa shape index (κ3) is 11.9. The van der Waals surface area contributed by atoms with Gasteiger partial charge in [0.15, 0.2) is 0 Å². The number of rotatable bonds is 9. The van der Waals surface area contributed by atoms with E-state index >= 15 is 0 Å². The second-order valence-electron chi connectivity index (χ2n) is 18.0. The third-order valence-electron chi connectivity index (χ3n) is 13.1. The largest absolute Gasteiger partial charge is 0.310 e. The van der Waals surface area contributed by atoms with E-state index in [-0.39, 0.29) is 0 Å². The van der Waals surface area contributed by atoms with Crippen molar-refractivity contribution in [2.24, 2.45) is 0 Å². The summed E-state index contributed by atoms with van der Waals surface area (Å²) in [6.45, 7) is 24.3. The fraction of sp³-hybridized carbons (Fsp3) is 0.164. The lowest BCUT2D eigenvalue weighted by Gasteiger charge is -2.14. The molecule has 0 N–H and O–H groups in total. The fourth-order valence-electron chi connectivity index (χ4n) is 8.80. The molecule has 0 saturated heterocycles. The monoisotopic (exact) mass is 886 g/mol. The Kier molecular flexibility index (Phi) is 16.6. The molecule has 0 amide bonds. The van der Waals surface area contributed by atoms with Gasteiger partial charge in [0.25, 0.3) is 0 Å². The predicted octanol–water partition coefficient (Wildman–Crippen LogP) is 17.3. The second kappa shape index (κ2) is 23.3. The van der Waals surface area contributed by atoms with E-state index in [1.165, 1.54) is 97.2 Å². The Morgan fingerprint density at radius 3 is 1.53 bits per heavy atom. The van der Waals surface area contributed by atoms with E-state index in [2.05, 4.69) is 254 Å². The molecular weight excluding hydrogens is 819 g/mol. The summed E-state index contributed by atoms with van der Waals surface area (Å²) in [6, 6.07) is 75.4. The maximum Gasteiger partial charge on any atom is 0.0539 e. The highest BCUT2D eigenvalue weighted by Crippen LogP contribution is 2.33. The minimum atomic E-state index is 0.633. The van der Waals surface area contributed by atoms with Crippen molar-refractivity contribution in [1.29, 1.82) is 0 Å². The van der Waals surface area contributed by atoms with Gasteiger partial charge in [0.2, 0.25) is 0 Å². The van der Waals surface area contributed by atoms with Crippen molar-refractivity contribution < 1.29 is 0 Å². The van der Waals surface area contributed by atoms with Gasteiger partial charge < -0.3 is 4.57 Å². The van der Waals surface area contributed by atoms with Crippen LogP contribution >= 0.6 is 0 Å². The van der Waals surface area contributed by atoms with E-state index in [9.17, 15) is 0 Å². The van der Waals surface area contributed by atoms with E-state index in [0.29, 0.717) is 5.92 Å². The first-order chi connectivity index (χ1) is 33.1. The van der Waals surface area contributed by atoms with E-state index in [0.717, 1.165) is 27.2 Å². The Morgan fingerprint density at radius 2 is 0.912 bits per heavy atom. The molecule has 9 rings (SSSR count). The molecular formula is C67H67N. The van der Waals surface area contributed by atoms with Crippen LogP contribution in [0.4, 0.5) is 0 Å². The Hall–Kier alpha value is -7.48. The molecule has 1 unspecified atom stereocenters. The fourth-order valence-corrected chi connectivity index (χ4v) is 8.80. The summed E-state index contributed by atoms with van der Waals surface area (Å²) in [4.78, 5) is 0. The lowest BCUT2D eigenvalue weighted by molar-refractivity contribution is 0.733. The SMILES string of the molecule is C=c1ccccc(=C)n(-c2ccccc2)c2ccc(-c3ccc(C)c(-c4ccccc4C)c3)cc12.CCC(C)c1ccc(C)c(-c2ccccc2C)c1.CCCc1ccc(-c2ccccc2)cc1. The van der Waals surface area contributed by atoms with Crippen molar-refractivity contribution >= 4 is 24.1 Å². The maximum atomic E-state index is 4.40. The number of nitrogens with zero attached hydrogens (tertiary/aromatic N) is 1. The number of aryl methyl sites for hydroxylation is 5. The van der Waals surface area contributed by atoms with E-state index in [1.54, 1.807) is 0 Å². The van der Waals surface area contributed by atoms with Gasteiger partial charge in [0.1, 0.15) is 0 Å². The van der Waals surface area contributed by atoms with Gasteiger partial charge in [-0.1, -0.05) is 216 Å². The highest BCUT2D eigenvalue weighted by atomic mass is 15.0. The average Bonchev–Trinajstić information content (AvgIpc) is 3.43. The smallest absolute Gasteiger partial charge is 0.0539 e. The molecule has 68 heavy (non-hydrogen) atoms. The second-order valence-corrected chi connectivity index (χ2v) is 18.0. The zero-order chi connectivity index (χ0) is 48.0. The van der Waals surface area contributed by atoms with Gasteiger partial charge in [-0.3, -0.25) is 0 Å². The summed E-state index contributed by atoms with van der Waals surface area (Å²) in [6.07, 6.45) is 3.58. The zero-order valence-corrected chi connectivity index (χ0v) is 41.3. The van der Waals surface area contributed by atoms with Gasteiger partial charge in [-0.05, 0) is 166 Å². The lowest BCUT2D eigenvalue weighted by Crippen LogP contribution is -2.16. The first-order valence-corrected chi connectivity index (χ1v) is 24.3. The molecule has 1 heteroatoms. The predicted molar refractivity (Wildman–Crippen MR) is 297 cm³/mol. The molecule has 1 aromatic heterocycles. The number of fused-ring (bicyclic) bond motifs is 1.